The van der Waals surface area contributed by atoms with Gasteiger partial charge in [-0.25, -0.2) is 0 Å². The van der Waals surface area contributed by atoms with E-state index in [2.05, 4.69) is 36.6 Å². The van der Waals surface area contributed by atoms with E-state index in [9.17, 15) is 9.59 Å². The van der Waals surface area contributed by atoms with Crippen LogP contribution in [0.5, 0.6) is 0 Å². The van der Waals surface area contributed by atoms with Crippen molar-refractivity contribution >= 4 is 17.5 Å². The minimum Gasteiger partial charge on any atom is -0.374 e. The first-order valence-corrected chi connectivity index (χ1v) is 6.26. The zero-order valence-corrected chi connectivity index (χ0v) is 10.7. The first-order chi connectivity index (χ1) is 8.56. The Morgan fingerprint density at radius 2 is 1.94 bits per heavy atom. The highest BCUT2D eigenvalue weighted by Gasteiger charge is 2.26. The van der Waals surface area contributed by atoms with Crippen molar-refractivity contribution in [3.05, 3.63) is 29.8 Å². The van der Waals surface area contributed by atoms with Gasteiger partial charge in [-0.1, -0.05) is 26.0 Å². The average molecular weight is 250 g/mol. The van der Waals surface area contributed by atoms with Gasteiger partial charge >= 0.3 is 0 Å². The number of rotatable bonds is 3. The maximum Gasteiger partial charge on any atom is 0.249 e. The summed E-state index contributed by atoms with van der Waals surface area (Å²) in [4.78, 5) is 22.6. The molecule has 4 heteroatoms. The normalized spacial score (nSPS) is 19.8. The number of imide groups is 1. The number of carbonyl (C=O) groups is 2. The molecular formula is C14H22N2O2. The highest BCUT2D eigenvalue weighted by Crippen LogP contribution is 2.19. The van der Waals surface area contributed by atoms with Crippen molar-refractivity contribution in [1.82, 2.24) is 5.32 Å². The van der Waals surface area contributed by atoms with E-state index in [0.29, 0.717) is 18.8 Å². The van der Waals surface area contributed by atoms with Gasteiger partial charge in [-0.3, -0.25) is 14.9 Å². The van der Waals surface area contributed by atoms with Crippen molar-refractivity contribution in [2.75, 3.05) is 5.32 Å². The van der Waals surface area contributed by atoms with E-state index >= 15 is 0 Å². The van der Waals surface area contributed by atoms with Gasteiger partial charge in [0, 0.05) is 15.0 Å². The van der Waals surface area contributed by atoms with Gasteiger partial charge in [-0.2, -0.15) is 0 Å². The van der Waals surface area contributed by atoms with Crippen LogP contribution in [0.25, 0.3) is 0 Å². The molecule has 4 nitrogen and oxygen atoms in total. The second-order valence-corrected chi connectivity index (χ2v) is 4.92. The SMILES string of the molecule is CC(C)c1ccc(NC2CCC(=O)NC2=O)cc1.[HH].[HH]. The van der Waals surface area contributed by atoms with E-state index in [1.807, 2.05) is 12.1 Å². The lowest BCUT2D eigenvalue weighted by molar-refractivity contribution is -0.133. The van der Waals surface area contributed by atoms with Gasteiger partial charge < -0.3 is 5.32 Å². The second kappa shape index (κ2) is 5.21. The molecule has 0 saturated carbocycles. The number of piperidine rings is 1. The molecule has 2 N–H and O–H groups in total. The lowest BCUT2D eigenvalue weighted by Gasteiger charge is -2.23. The van der Waals surface area contributed by atoms with Crippen LogP contribution in [0.4, 0.5) is 5.69 Å². The number of carbonyl (C=O) groups excluding carboxylic acids is 2. The lowest BCUT2D eigenvalue weighted by atomic mass is 10.0. The monoisotopic (exact) mass is 250 g/mol. The highest BCUT2D eigenvalue weighted by molar-refractivity contribution is 6.01. The van der Waals surface area contributed by atoms with Gasteiger partial charge in [0.25, 0.3) is 0 Å². The Hall–Kier alpha value is -1.84. The Bertz CT molecular complexity index is 461. The van der Waals surface area contributed by atoms with Crippen molar-refractivity contribution < 1.29 is 12.4 Å². The second-order valence-electron chi connectivity index (χ2n) is 4.92. The Kier molecular flexibility index (Phi) is 3.65. The van der Waals surface area contributed by atoms with E-state index in [1.165, 1.54) is 5.56 Å². The van der Waals surface area contributed by atoms with Crippen LogP contribution in [0.2, 0.25) is 0 Å². The van der Waals surface area contributed by atoms with E-state index in [1.54, 1.807) is 0 Å². The maximum absolute atomic E-state index is 11.6. The summed E-state index contributed by atoms with van der Waals surface area (Å²) >= 11 is 0. The first kappa shape index (κ1) is 12.6. The molecule has 1 fully saturated rings. The fraction of sp³-hybridized carbons (Fsp3) is 0.429. The summed E-state index contributed by atoms with van der Waals surface area (Å²) < 4.78 is 0. The van der Waals surface area contributed by atoms with Crippen LogP contribution in [0.3, 0.4) is 0 Å². The summed E-state index contributed by atoms with van der Waals surface area (Å²) in [6.45, 7) is 4.28. The Labute approximate surface area is 110 Å². The molecule has 1 aliphatic rings. The molecule has 0 aromatic heterocycles. The first-order valence-electron chi connectivity index (χ1n) is 6.26. The molecule has 18 heavy (non-hydrogen) atoms. The fourth-order valence-electron chi connectivity index (χ4n) is 2.00. The number of nitrogens with one attached hydrogen (secondary N) is 2. The topological polar surface area (TPSA) is 58.2 Å². The molecule has 100 valence electrons. The molecule has 0 aliphatic carbocycles. The minimum absolute atomic E-state index is 0. The summed E-state index contributed by atoms with van der Waals surface area (Å²) in [6.07, 6.45) is 0.948. The number of anilines is 1. The quantitative estimate of drug-likeness (QED) is 0.810. The predicted octanol–water partition coefficient (Wildman–Crippen LogP) is 2.52. The summed E-state index contributed by atoms with van der Waals surface area (Å²) in [7, 11) is 0. The van der Waals surface area contributed by atoms with Crippen LogP contribution in [-0.4, -0.2) is 17.9 Å². The molecule has 1 aromatic rings. The van der Waals surface area contributed by atoms with Crippen molar-refractivity contribution in [2.45, 2.75) is 38.6 Å². The molecule has 1 heterocycles. The molecule has 1 aromatic carbocycles. The number of amides is 2. The van der Waals surface area contributed by atoms with Crippen LogP contribution >= 0.6 is 0 Å². The van der Waals surface area contributed by atoms with Gasteiger partial charge in [-0.05, 0) is 30.0 Å². The fourth-order valence-corrected chi connectivity index (χ4v) is 2.00. The molecule has 1 atom stereocenters. The molecule has 2 amide bonds. The minimum atomic E-state index is -0.312. The number of benzene rings is 1. The van der Waals surface area contributed by atoms with E-state index in [4.69, 9.17) is 0 Å². The molecular weight excluding hydrogens is 228 g/mol. The van der Waals surface area contributed by atoms with Gasteiger partial charge in [0.05, 0.1) is 0 Å². The highest BCUT2D eigenvalue weighted by atomic mass is 16.2. The van der Waals surface area contributed by atoms with Gasteiger partial charge in [-0.15, -0.1) is 0 Å². The van der Waals surface area contributed by atoms with Crippen molar-refractivity contribution in [1.29, 1.82) is 0 Å². The summed E-state index contributed by atoms with van der Waals surface area (Å²) in [5, 5.41) is 5.49. The summed E-state index contributed by atoms with van der Waals surface area (Å²) in [5.74, 6) is 0.0713. The van der Waals surface area contributed by atoms with E-state index in [-0.39, 0.29) is 20.7 Å². The van der Waals surface area contributed by atoms with Crippen LogP contribution in [0.1, 0.15) is 41.0 Å². The zero-order chi connectivity index (χ0) is 13.1. The molecule has 1 unspecified atom stereocenters. The molecule has 1 saturated heterocycles. The Morgan fingerprint density at radius 3 is 2.50 bits per heavy atom. The van der Waals surface area contributed by atoms with E-state index < -0.39 is 0 Å². The van der Waals surface area contributed by atoms with Gasteiger partial charge in [0.2, 0.25) is 11.8 Å². The van der Waals surface area contributed by atoms with Crippen molar-refractivity contribution in [2.24, 2.45) is 0 Å². The Balaban J connectivity index is 0.00000180. The predicted molar refractivity (Wildman–Crippen MR) is 74.6 cm³/mol. The molecule has 0 radical (unpaired) electrons. The molecule has 0 spiro atoms. The lowest BCUT2D eigenvalue weighted by Crippen LogP contribution is -2.47. The van der Waals surface area contributed by atoms with Gasteiger partial charge in [0.1, 0.15) is 6.04 Å². The van der Waals surface area contributed by atoms with Gasteiger partial charge in [0.15, 0.2) is 0 Å². The maximum atomic E-state index is 11.6. The smallest absolute Gasteiger partial charge is 0.249 e. The van der Waals surface area contributed by atoms with Crippen LogP contribution < -0.4 is 10.6 Å². The molecule has 0 bridgehead atoms. The molecule has 2 rings (SSSR count). The van der Waals surface area contributed by atoms with Crippen LogP contribution in [0, 0.1) is 0 Å². The standard InChI is InChI=1S/C14H18N2O2.2H2/c1-9(2)10-3-5-11(6-4-10)15-12-7-8-13(17)16-14(12)18;;/h3-6,9,12,15H,7-8H2,1-2H3,(H,16,17,18);2*1H. The third-order valence-electron chi connectivity index (χ3n) is 3.16. The largest absolute Gasteiger partial charge is 0.374 e. The number of hydrogen-bond donors (Lipinski definition) is 2. The van der Waals surface area contributed by atoms with Crippen molar-refractivity contribution in [3.63, 3.8) is 0 Å². The van der Waals surface area contributed by atoms with E-state index in [0.717, 1.165) is 5.69 Å². The van der Waals surface area contributed by atoms with Crippen LogP contribution in [0.15, 0.2) is 24.3 Å². The summed E-state index contributed by atoms with van der Waals surface area (Å²) in [6, 6.07) is 7.74. The summed E-state index contributed by atoms with van der Waals surface area (Å²) in [5.41, 5.74) is 2.18. The van der Waals surface area contributed by atoms with Crippen LogP contribution in [-0.2, 0) is 9.59 Å². The number of hydrogen-bond acceptors (Lipinski definition) is 3. The third-order valence-corrected chi connectivity index (χ3v) is 3.16. The third kappa shape index (κ3) is 2.88. The molecule has 1 aliphatic heterocycles. The zero-order valence-electron chi connectivity index (χ0n) is 10.7. The van der Waals surface area contributed by atoms with Crippen molar-refractivity contribution in [3.8, 4) is 0 Å². The average Bonchev–Trinajstić information content (AvgIpc) is 2.33. The Morgan fingerprint density at radius 1 is 1.28 bits per heavy atom.